The molecule has 5 rings (SSSR count). The van der Waals surface area contributed by atoms with Gasteiger partial charge in [0.2, 0.25) is 5.95 Å². The summed E-state index contributed by atoms with van der Waals surface area (Å²) in [6.45, 7) is 11.3. The number of nitrogens with zero attached hydrogens (tertiary/aromatic N) is 5. The second-order valence-corrected chi connectivity index (χ2v) is 9.55. The van der Waals surface area contributed by atoms with Gasteiger partial charge in [-0.05, 0) is 56.7 Å². The van der Waals surface area contributed by atoms with Crippen LogP contribution in [0, 0.1) is 11.8 Å². The van der Waals surface area contributed by atoms with Crippen molar-refractivity contribution in [2.75, 3.05) is 23.3 Å². The molecule has 1 fully saturated rings. The lowest BCUT2D eigenvalue weighted by Gasteiger charge is -2.35. The van der Waals surface area contributed by atoms with Gasteiger partial charge >= 0.3 is 0 Å². The van der Waals surface area contributed by atoms with Crippen molar-refractivity contribution in [2.24, 2.45) is 11.8 Å². The number of aromatic nitrogens is 4. The van der Waals surface area contributed by atoms with E-state index >= 15 is 0 Å². The lowest BCUT2D eigenvalue weighted by Crippen LogP contribution is -2.35. The largest absolute Gasteiger partial charge is 0.370 e. The number of anilines is 3. The molecule has 1 aromatic carbocycles. The molecule has 0 bridgehead atoms. The van der Waals surface area contributed by atoms with Crippen LogP contribution < -0.4 is 10.2 Å². The summed E-state index contributed by atoms with van der Waals surface area (Å²) in [7, 11) is 0. The first-order valence-electron chi connectivity index (χ1n) is 11.7. The minimum absolute atomic E-state index is 0.365. The Bertz CT molecular complexity index is 1220. The molecule has 3 aromatic heterocycles. The van der Waals surface area contributed by atoms with Crippen LogP contribution >= 0.6 is 0 Å². The van der Waals surface area contributed by atoms with E-state index in [4.69, 9.17) is 4.98 Å². The minimum atomic E-state index is 0.365. The van der Waals surface area contributed by atoms with E-state index in [0.29, 0.717) is 12.0 Å². The number of pyridine rings is 1. The van der Waals surface area contributed by atoms with E-state index in [2.05, 4.69) is 82.9 Å². The Balaban J connectivity index is 1.36. The number of fused-ring (bicyclic) bond motifs is 3. The zero-order valence-electron chi connectivity index (χ0n) is 19.4. The molecule has 0 spiro atoms. The molecular formula is C26H32N6. The average Bonchev–Trinajstić information content (AvgIpc) is 3.25. The lowest BCUT2D eigenvalue weighted by atomic mass is 9.86. The highest BCUT2D eigenvalue weighted by Gasteiger charge is 2.21. The van der Waals surface area contributed by atoms with Gasteiger partial charge in [-0.15, -0.1) is 0 Å². The minimum Gasteiger partial charge on any atom is -0.370 e. The summed E-state index contributed by atoms with van der Waals surface area (Å²) < 4.78 is 2.27. The normalized spacial score (nSPS) is 15.4. The van der Waals surface area contributed by atoms with Gasteiger partial charge in [0.1, 0.15) is 11.3 Å². The number of rotatable bonds is 5. The monoisotopic (exact) mass is 428 g/mol. The van der Waals surface area contributed by atoms with Crippen molar-refractivity contribution in [1.82, 2.24) is 19.5 Å². The summed E-state index contributed by atoms with van der Waals surface area (Å²) in [4.78, 5) is 16.5. The topological polar surface area (TPSA) is 58.9 Å². The van der Waals surface area contributed by atoms with Gasteiger partial charge in [-0.25, -0.2) is 15.0 Å². The smallest absolute Gasteiger partial charge is 0.228 e. The molecular weight excluding hydrogens is 396 g/mol. The Morgan fingerprint density at radius 3 is 2.38 bits per heavy atom. The summed E-state index contributed by atoms with van der Waals surface area (Å²) in [6, 6.07) is 10.9. The van der Waals surface area contributed by atoms with Gasteiger partial charge in [0.15, 0.2) is 0 Å². The third kappa shape index (κ3) is 3.90. The zero-order valence-corrected chi connectivity index (χ0v) is 19.4. The van der Waals surface area contributed by atoms with Crippen molar-refractivity contribution in [3.63, 3.8) is 0 Å². The van der Waals surface area contributed by atoms with Gasteiger partial charge in [-0.1, -0.05) is 26.0 Å². The summed E-state index contributed by atoms with van der Waals surface area (Å²) in [5.74, 6) is 2.94. The molecule has 0 unspecified atom stereocenters. The van der Waals surface area contributed by atoms with E-state index < -0.39 is 0 Å². The predicted octanol–water partition coefficient (Wildman–Crippen LogP) is 6.18. The maximum atomic E-state index is 4.86. The summed E-state index contributed by atoms with van der Waals surface area (Å²) >= 11 is 0. The number of hydrogen-bond acceptors (Lipinski definition) is 5. The molecule has 1 saturated heterocycles. The van der Waals surface area contributed by atoms with Crippen molar-refractivity contribution in [3.05, 3.63) is 48.9 Å². The highest BCUT2D eigenvalue weighted by molar-refractivity contribution is 6.03. The van der Waals surface area contributed by atoms with Crippen LogP contribution in [0.3, 0.4) is 0 Å². The second kappa shape index (κ2) is 8.41. The van der Waals surface area contributed by atoms with Crippen LogP contribution in [-0.2, 0) is 0 Å². The molecule has 0 saturated carbocycles. The Hall–Kier alpha value is -3.15. The number of benzene rings is 1. The van der Waals surface area contributed by atoms with Crippen LogP contribution in [0.2, 0.25) is 0 Å². The van der Waals surface area contributed by atoms with Crippen molar-refractivity contribution in [3.8, 4) is 0 Å². The second-order valence-electron chi connectivity index (χ2n) is 9.55. The summed E-state index contributed by atoms with van der Waals surface area (Å²) in [5, 5.41) is 5.53. The van der Waals surface area contributed by atoms with Crippen LogP contribution in [0.5, 0.6) is 0 Å². The predicted molar refractivity (Wildman–Crippen MR) is 133 cm³/mol. The number of piperidine rings is 1. The molecule has 6 nitrogen and oxygen atoms in total. The Labute approximate surface area is 189 Å². The van der Waals surface area contributed by atoms with Crippen LogP contribution in [0.4, 0.5) is 17.5 Å². The van der Waals surface area contributed by atoms with Crippen LogP contribution in [0.25, 0.3) is 21.8 Å². The van der Waals surface area contributed by atoms with Gasteiger partial charge in [0.25, 0.3) is 0 Å². The zero-order chi connectivity index (χ0) is 22.2. The Kier molecular flexibility index (Phi) is 5.45. The molecule has 166 valence electrons. The standard InChI is InChI=1S/C26H32N6/c1-17(2)19-9-12-31(13-10-19)22-7-8-23(27-16-22)29-26-28-15-21-6-5-20-11-14-32(18(3)4)25(20)24(21)30-26/h5-8,11,14-19H,9-10,12-13H2,1-4H3,(H,27,28,29,30). The number of nitrogens with one attached hydrogen (secondary N) is 1. The first-order valence-corrected chi connectivity index (χ1v) is 11.7. The first-order chi connectivity index (χ1) is 15.5. The summed E-state index contributed by atoms with van der Waals surface area (Å²) in [6.07, 6.45) is 8.49. The number of hydrogen-bond donors (Lipinski definition) is 1. The quantitative estimate of drug-likeness (QED) is 0.411. The fourth-order valence-corrected chi connectivity index (χ4v) is 4.82. The first kappa shape index (κ1) is 20.7. The van der Waals surface area contributed by atoms with Crippen LogP contribution in [-0.4, -0.2) is 32.6 Å². The van der Waals surface area contributed by atoms with Crippen molar-refractivity contribution in [2.45, 2.75) is 46.6 Å². The molecule has 4 heterocycles. The van der Waals surface area contributed by atoms with E-state index in [1.807, 2.05) is 18.5 Å². The Morgan fingerprint density at radius 2 is 1.69 bits per heavy atom. The van der Waals surface area contributed by atoms with Gasteiger partial charge in [0, 0.05) is 42.3 Å². The van der Waals surface area contributed by atoms with Gasteiger partial charge < -0.3 is 14.8 Å². The van der Waals surface area contributed by atoms with E-state index in [9.17, 15) is 0 Å². The molecule has 1 aliphatic heterocycles. The van der Waals surface area contributed by atoms with E-state index in [1.165, 1.54) is 23.9 Å². The molecule has 0 amide bonds. The van der Waals surface area contributed by atoms with Crippen molar-refractivity contribution in [1.29, 1.82) is 0 Å². The van der Waals surface area contributed by atoms with Gasteiger partial charge in [0.05, 0.1) is 17.4 Å². The molecule has 6 heteroatoms. The molecule has 0 aliphatic carbocycles. The fraction of sp³-hybridized carbons (Fsp3) is 0.423. The molecule has 0 radical (unpaired) electrons. The van der Waals surface area contributed by atoms with Crippen LogP contribution in [0.15, 0.2) is 48.9 Å². The lowest BCUT2D eigenvalue weighted by molar-refractivity contribution is 0.311. The van der Waals surface area contributed by atoms with Crippen molar-refractivity contribution < 1.29 is 0 Å². The molecule has 1 aliphatic rings. The molecule has 1 N–H and O–H groups in total. The highest BCUT2D eigenvalue weighted by Crippen LogP contribution is 2.29. The SMILES string of the molecule is CC(C)C1CCN(c2ccc(Nc3ncc4ccc5ccn(C(C)C)c5c4n3)nc2)CC1. The molecule has 32 heavy (non-hydrogen) atoms. The third-order valence-electron chi connectivity index (χ3n) is 6.82. The summed E-state index contributed by atoms with van der Waals surface area (Å²) in [5.41, 5.74) is 3.30. The molecule has 4 aromatic rings. The Morgan fingerprint density at radius 1 is 0.906 bits per heavy atom. The maximum Gasteiger partial charge on any atom is 0.228 e. The van der Waals surface area contributed by atoms with Gasteiger partial charge in [-0.3, -0.25) is 0 Å². The fourth-order valence-electron chi connectivity index (χ4n) is 4.82. The van der Waals surface area contributed by atoms with Crippen molar-refractivity contribution >= 4 is 39.3 Å². The maximum absolute atomic E-state index is 4.86. The highest BCUT2D eigenvalue weighted by atomic mass is 15.2. The third-order valence-corrected chi connectivity index (χ3v) is 6.82. The van der Waals surface area contributed by atoms with Crippen LogP contribution in [0.1, 0.15) is 46.6 Å². The van der Waals surface area contributed by atoms with E-state index in [1.54, 1.807) is 0 Å². The van der Waals surface area contributed by atoms with Gasteiger partial charge in [-0.2, -0.15) is 0 Å². The average molecular weight is 429 g/mol. The molecule has 0 atom stereocenters. The van der Waals surface area contributed by atoms with E-state index in [-0.39, 0.29) is 0 Å². The van der Waals surface area contributed by atoms with E-state index in [0.717, 1.165) is 47.2 Å².